The first kappa shape index (κ1) is 15.1. The van der Waals surface area contributed by atoms with E-state index in [-0.39, 0.29) is 11.9 Å². The number of aromatic nitrogens is 2. The Balaban J connectivity index is 1.89. The number of aromatic amines is 1. The Labute approximate surface area is 134 Å². The number of H-pyrrole nitrogens is 1. The Kier molecular flexibility index (Phi) is 4.45. The molecule has 1 unspecified atom stereocenters. The van der Waals surface area contributed by atoms with Gasteiger partial charge in [0.2, 0.25) is 0 Å². The highest BCUT2D eigenvalue weighted by molar-refractivity contribution is 6.31. The molecule has 3 rings (SSSR count). The first-order chi connectivity index (χ1) is 10.7. The van der Waals surface area contributed by atoms with Gasteiger partial charge in [-0.05, 0) is 24.1 Å². The summed E-state index contributed by atoms with van der Waals surface area (Å²) < 4.78 is 0. The van der Waals surface area contributed by atoms with Gasteiger partial charge in [-0.25, -0.2) is 0 Å². The van der Waals surface area contributed by atoms with Crippen molar-refractivity contribution >= 4 is 17.5 Å². The summed E-state index contributed by atoms with van der Waals surface area (Å²) in [5.41, 5.74) is 2.40. The minimum absolute atomic E-state index is 0.0534. The van der Waals surface area contributed by atoms with E-state index < -0.39 is 0 Å². The van der Waals surface area contributed by atoms with E-state index in [0.717, 1.165) is 24.2 Å². The van der Waals surface area contributed by atoms with Crippen LogP contribution in [0.25, 0.3) is 0 Å². The number of carbonyl (C=O) groups excluding carboxylic acids is 1. The maximum Gasteiger partial charge on any atom is 0.274 e. The van der Waals surface area contributed by atoms with Gasteiger partial charge in [-0.15, -0.1) is 0 Å². The van der Waals surface area contributed by atoms with Gasteiger partial charge >= 0.3 is 0 Å². The van der Waals surface area contributed by atoms with E-state index in [9.17, 15) is 4.79 Å². The largest absolute Gasteiger partial charge is 0.328 e. The zero-order valence-corrected chi connectivity index (χ0v) is 13.2. The zero-order chi connectivity index (χ0) is 15.5. The molecule has 2 N–H and O–H groups in total. The molecule has 1 aromatic carbocycles. The van der Waals surface area contributed by atoms with Crippen molar-refractivity contribution in [1.29, 1.82) is 0 Å². The summed E-state index contributed by atoms with van der Waals surface area (Å²) in [6.45, 7) is 4.14. The van der Waals surface area contributed by atoms with Crippen LogP contribution in [0.2, 0.25) is 5.02 Å². The molecule has 5 nitrogen and oxygen atoms in total. The number of carbonyl (C=O) groups is 1. The van der Waals surface area contributed by atoms with Gasteiger partial charge in [0, 0.05) is 30.4 Å². The fourth-order valence-corrected chi connectivity index (χ4v) is 3.03. The van der Waals surface area contributed by atoms with E-state index in [1.54, 1.807) is 0 Å². The molecule has 6 heteroatoms. The van der Waals surface area contributed by atoms with Crippen LogP contribution >= 0.6 is 11.6 Å². The summed E-state index contributed by atoms with van der Waals surface area (Å²) in [5.74, 6) is -0.0534. The van der Waals surface area contributed by atoms with Crippen LogP contribution in [0.5, 0.6) is 0 Å². The van der Waals surface area contributed by atoms with Crippen LogP contribution in [0, 0.1) is 0 Å². The maximum atomic E-state index is 12.8. The number of hydrogen-bond donors (Lipinski definition) is 2. The minimum atomic E-state index is -0.0725. The second kappa shape index (κ2) is 6.50. The van der Waals surface area contributed by atoms with Gasteiger partial charge in [0.25, 0.3) is 5.91 Å². The molecule has 0 bridgehead atoms. The van der Waals surface area contributed by atoms with Gasteiger partial charge in [-0.1, -0.05) is 36.7 Å². The second-order valence-electron chi connectivity index (χ2n) is 5.37. The molecule has 0 radical (unpaired) electrons. The number of nitrogens with one attached hydrogen (secondary N) is 2. The smallest absolute Gasteiger partial charge is 0.274 e. The monoisotopic (exact) mass is 318 g/mol. The molecule has 1 atom stereocenters. The van der Waals surface area contributed by atoms with Gasteiger partial charge in [0.05, 0.1) is 6.04 Å². The van der Waals surface area contributed by atoms with Crippen LogP contribution in [0.15, 0.2) is 30.3 Å². The number of aryl methyl sites for hydroxylation is 1. The molecule has 1 aliphatic heterocycles. The van der Waals surface area contributed by atoms with Crippen molar-refractivity contribution in [3.8, 4) is 0 Å². The van der Waals surface area contributed by atoms with Crippen LogP contribution in [-0.2, 0) is 6.42 Å². The molecule has 1 amide bonds. The second-order valence-corrected chi connectivity index (χ2v) is 5.78. The third kappa shape index (κ3) is 2.87. The summed E-state index contributed by atoms with van der Waals surface area (Å²) in [6, 6.07) is 9.43. The van der Waals surface area contributed by atoms with E-state index >= 15 is 0 Å². The van der Waals surface area contributed by atoms with Gasteiger partial charge < -0.3 is 10.2 Å². The van der Waals surface area contributed by atoms with E-state index in [1.807, 2.05) is 42.2 Å². The number of rotatable bonds is 3. The topological polar surface area (TPSA) is 61.0 Å². The average Bonchev–Trinajstić information content (AvgIpc) is 3.04. The van der Waals surface area contributed by atoms with Crippen LogP contribution in [0.3, 0.4) is 0 Å². The van der Waals surface area contributed by atoms with Crippen molar-refractivity contribution in [2.45, 2.75) is 19.4 Å². The zero-order valence-electron chi connectivity index (χ0n) is 12.5. The van der Waals surface area contributed by atoms with Crippen molar-refractivity contribution in [3.63, 3.8) is 0 Å². The summed E-state index contributed by atoms with van der Waals surface area (Å²) in [6.07, 6.45) is 0.829. The molecular formula is C16H19ClN4O. The molecule has 1 aromatic heterocycles. The fourth-order valence-electron chi connectivity index (χ4n) is 2.77. The molecule has 22 heavy (non-hydrogen) atoms. The Morgan fingerprint density at radius 1 is 1.45 bits per heavy atom. The van der Waals surface area contributed by atoms with Gasteiger partial charge in [0.15, 0.2) is 0 Å². The Morgan fingerprint density at radius 2 is 2.27 bits per heavy atom. The van der Waals surface area contributed by atoms with Crippen molar-refractivity contribution < 1.29 is 4.79 Å². The van der Waals surface area contributed by atoms with Crippen LogP contribution < -0.4 is 5.32 Å². The van der Waals surface area contributed by atoms with Crippen molar-refractivity contribution in [3.05, 3.63) is 52.3 Å². The van der Waals surface area contributed by atoms with Gasteiger partial charge in [0.1, 0.15) is 5.69 Å². The lowest BCUT2D eigenvalue weighted by Gasteiger charge is -2.36. The summed E-state index contributed by atoms with van der Waals surface area (Å²) in [7, 11) is 0. The first-order valence-corrected chi connectivity index (χ1v) is 7.89. The number of halogens is 1. The van der Waals surface area contributed by atoms with Crippen LogP contribution in [-0.4, -0.2) is 40.6 Å². The SMILES string of the molecule is CCc1cc(C(=O)N2CCNCC2c2ccccc2Cl)n[nH]1. The summed E-state index contributed by atoms with van der Waals surface area (Å²) >= 11 is 6.31. The van der Waals surface area contributed by atoms with Crippen molar-refractivity contribution in [1.82, 2.24) is 20.4 Å². The molecule has 0 saturated carbocycles. The summed E-state index contributed by atoms with van der Waals surface area (Å²) in [5, 5.41) is 11.1. The van der Waals surface area contributed by atoms with Gasteiger partial charge in [-0.3, -0.25) is 9.89 Å². The number of hydrogen-bond acceptors (Lipinski definition) is 3. The Bertz CT molecular complexity index is 670. The first-order valence-electron chi connectivity index (χ1n) is 7.51. The predicted molar refractivity (Wildman–Crippen MR) is 86.1 cm³/mol. The number of benzene rings is 1. The minimum Gasteiger partial charge on any atom is -0.328 e. The highest BCUT2D eigenvalue weighted by atomic mass is 35.5. The number of piperazine rings is 1. The highest BCUT2D eigenvalue weighted by Gasteiger charge is 2.30. The number of nitrogens with zero attached hydrogens (tertiary/aromatic N) is 2. The van der Waals surface area contributed by atoms with Crippen molar-refractivity contribution in [2.75, 3.05) is 19.6 Å². The van der Waals surface area contributed by atoms with E-state index in [0.29, 0.717) is 23.8 Å². The quantitative estimate of drug-likeness (QED) is 0.913. The molecule has 116 valence electrons. The highest BCUT2D eigenvalue weighted by Crippen LogP contribution is 2.29. The van der Waals surface area contributed by atoms with E-state index in [1.165, 1.54) is 0 Å². The van der Waals surface area contributed by atoms with E-state index in [2.05, 4.69) is 15.5 Å². The molecular weight excluding hydrogens is 300 g/mol. The fraction of sp³-hybridized carbons (Fsp3) is 0.375. The van der Waals surface area contributed by atoms with Gasteiger partial charge in [-0.2, -0.15) is 5.10 Å². The summed E-state index contributed by atoms with van der Waals surface area (Å²) in [4.78, 5) is 14.7. The van der Waals surface area contributed by atoms with E-state index in [4.69, 9.17) is 11.6 Å². The standard InChI is InChI=1S/C16H19ClN4O/c1-2-11-9-14(20-19-11)16(22)21-8-7-18-10-15(21)12-5-3-4-6-13(12)17/h3-6,9,15,18H,2,7-8,10H2,1H3,(H,19,20). The Morgan fingerprint density at radius 3 is 3.00 bits per heavy atom. The van der Waals surface area contributed by atoms with Crippen LogP contribution in [0.1, 0.15) is 34.7 Å². The molecule has 0 spiro atoms. The Hall–Kier alpha value is -1.85. The maximum absolute atomic E-state index is 12.8. The lowest BCUT2D eigenvalue weighted by molar-refractivity contribution is 0.0628. The predicted octanol–water partition coefficient (Wildman–Crippen LogP) is 2.41. The average molecular weight is 319 g/mol. The number of amides is 1. The normalized spacial score (nSPS) is 18.5. The molecule has 1 aliphatic rings. The molecule has 1 fully saturated rings. The lowest BCUT2D eigenvalue weighted by atomic mass is 10.0. The molecule has 2 aromatic rings. The molecule has 1 saturated heterocycles. The third-order valence-corrected chi connectivity index (χ3v) is 4.34. The third-order valence-electron chi connectivity index (χ3n) is 4.00. The molecule has 2 heterocycles. The molecule has 0 aliphatic carbocycles. The van der Waals surface area contributed by atoms with Crippen LogP contribution in [0.4, 0.5) is 0 Å². The lowest BCUT2D eigenvalue weighted by Crippen LogP contribution is -2.48. The van der Waals surface area contributed by atoms with Crippen molar-refractivity contribution in [2.24, 2.45) is 0 Å².